The first kappa shape index (κ1) is 10.6. The Bertz CT molecular complexity index is 321. The molecule has 0 spiro atoms. The zero-order valence-corrected chi connectivity index (χ0v) is 7.58. The molecule has 0 bridgehead atoms. The third kappa shape index (κ3) is 2.28. The van der Waals surface area contributed by atoms with Gasteiger partial charge in [0.15, 0.2) is 0 Å². The lowest BCUT2D eigenvalue weighted by Gasteiger charge is -2.12. The van der Waals surface area contributed by atoms with Gasteiger partial charge in [-0.2, -0.15) is 0 Å². The number of benzene rings is 1. The Morgan fingerprint density at radius 1 is 1.36 bits per heavy atom. The molecule has 1 aromatic rings. The molecular formula is C10H10F2O2. The zero-order chi connectivity index (χ0) is 10.7. The largest absolute Gasteiger partial charge is 0.479 e. The van der Waals surface area contributed by atoms with Crippen molar-refractivity contribution in [3.05, 3.63) is 35.6 Å². The Balaban J connectivity index is 2.84. The maximum absolute atomic E-state index is 13.0. The van der Waals surface area contributed by atoms with Crippen molar-refractivity contribution < 1.29 is 18.7 Å². The van der Waals surface area contributed by atoms with Gasteiger partial charge in [0, 0.05) is 5.92 Å². The number of alkyl halides is 1. The van der Waals surface area contributed by atoms with Crippen molar-refractivity contribution in [1.29, 1.82) is 0 Å². The van der Waals surface area contributed by atoms with Gasteiger partial charge in [-0.05, 0) is 17.7 Å². The molecule has 14 heavy (non-hydrogen) atoms. The summed E-state index contributed by atoms with van der Waals surface area (Å²) in [5.41, 5.74) is 0.473. The van der Waals surface area contributed by atoms with Crippen LogP contribution in [0.4, 0.5) is 8.78 Å². The fourth-order valence-electron chi connectivity index (χ4n) is 1.15. The highest BCUT2D eigenvalue weighted by atomic mass is 19.1. The summed E-state index contributed by atoms with van der Waals surface area (Å²) in [6, 6.07) is 5.13. The molecule has 2 unspecified atom stereocenters. The Morgan fingerprint density at radius 2 is 1.86 bits per heavy atom. The Hall–Kier alpha value is -1.45. The molecule has 0 aliphatic rings. The molecule has 0 radical (unpaired) electrons. The van der Waals surface area contributed by atoms with E-state index < -0.39 is 23.9 Å². The van der Waals surface area contributed by atoms with Crippen LogP contribution in [0.5, 0.6) is 0 Å². The maximum atomic E-state index is 13.0. The third-order valence-electron chi connectivity index (χ3n) is 2.07. The molecule has 0 aliphatic heterocycles. The Morgan fingerprint density at radius 3 is 2.29 bits per heavy atom. The summed E-state index contributed by atoms with van der Waals surface area (Å²) >= 11 is 0. The Labute approximate surface area is 80.2 Å². The van der Waals surface area contributed by atoms with Crippen LogP contribution in [0, 0.1) is 5.82 Å². The molecule has 0 saturated heterocycles. The van der Waals surface area contributed by atoms with Crippen molar-refractivity contribution in [2.75, 3.05) is 0 Å². The Kier molecular flexibility index (Phi) is 3.17. The number of hydrogen-bond acceptors (Lipinski definition) is 1. The predicted molar refractivity (Wildman–Crippen MR) is 47.3 cm³/mol. The summed E-state index contributed by atoms with van der Waals surface area (Å²) in [5.74, 6) is -2.69. The fraction of sp³-hybridized carbons (Fsp3) is 0.300. The number of rotatable bonds is 3. The first-order valence-electron chi connectivity index (χ1n) is 4.14. The fourth-order valence-corrected chi connectivity index (χ4v) is 1.15. The van der Waals surface area contributed by atoms with Crippen LogP contribution in [0.2, 0.25) is 0 Å². The van der Waals surface area contributed by atoms with Crippen LogP contribution in [-0.2, 0) is 4.79 Å². The second kappa shape index (κ2) is 4.17. The first-order chi connectivity index (χ1) is 6.52. The molecule has 1 N–H and O–H groups in total. The minimum Gasteiger partial charge on any atom is -0.479 e. The summed E-state index contributed by atoms with van der Waals surface area (Å²) in [4.78, 5) is 10.3. The topological polar surface area (TPSA) is 37.3 Å². The van der Waals surface area contributed by atoms with Crippen molar-refractivity contribution in [3.8, 4) is 0 Å². The summed E-state index contributed by atoms with van der Waals surface area (Å²) in [6.45, 7) is 1.45. The van der Waals surface area contributed by atoms with Crippen LogP contribution in [0.3, 0.4) is 0 Å². The van der Waals surface area contributed by atoms with Crippen LogP contribution < -0.4 is 0 Å². The van der Waals surface area contributed by atoms with Gasteiger partial charge >= 0.3 is 5.97 Å². The summed E-state index contributed by atoms with van der Waals surface area (Å²) in [7, 11) is 0. The molecule has 0 fully saturated rings. The van der Waals surface area contributed by atoms with E-state index in [9.17, 15) is 13.6 Å². The molecule has 1 aromatic carbocycles. The van der Waals surface area contributed by atoms with Gasteiger partial charge in [0.2, 0.25) is 6.17 Å². The van der Waals surface area contributed by atoms with Gasteiger partial charge in [0.05, 0.1) is 0 Å². The highest BCUT2D eigenvalue weighted by Crippen LogP contribution is 2.21. The summed E-state index contributed by atoms with van der Waals surface area (Å²) in [5, 5.41) is 8.42. The molecule has 2 nitrogen and oxygen atoms in total. The lowest BCUT2D eigenvalue weighted by atomic mass is 9.96. The molecule has 4 heteroatoms. The summed E-state index contributed by atoms with van der Waals surface area (Å²) < 4.78 is 25.5. The van der Waals surface area contributed by atoms with E-state index in [1.54, 1.807) is 0 Å². The van der Waals surface area contributed by atoms with Gasteiger partial charge < -0.3 is 5.11 Å². The van der Waals surface area contributed by atoms with Crippen molar-refractivity contribution in [1.82, 2.24) is 0 Å². The van der Waals surface area contributed by atoms with Gasteiger partial charge in [-0.25, -0.2) is 13.6 Å². The molecular weight excluding hydrogens is 190 g/mol. The maximum Gasteiger partial charge on any atom is 0.338 e. The van der Waals surface area contributed by atoms with Crippen molar-refractivity contribution >= 4 is 5.97 Å². The van der Waals surface area contributed by atoms with E-state index in [0.29, 0.717) is 5.56 Å². The number of carboxylic acid groups (broad SMARTS) is 1. The molecule has 2 atom stereocenters. The SMILES string of the molecule is CC(c1ccc(F)cc1)C(F)C(=O)O. The highest BCUT2D eigenvalue weighted by Gasteiger charge is 2.24. The number of aliphatic carboxylic acids is 1. The third-order valence-corrected chi connectivity index (χ3v) is 2.07. The second-order valence-corrected chi connectivity index (χ2v) is 3.08. The van der Waals surface area contributed by atoms with E-state index in [1.165, 1.54) is 31.2 Å². The van der Waals surface area contributed by atoms with Crippen LogP contribution in [0.25, 0.3) is 0 Å². The smallest absolute Gasteiger partial charge is 0.338 e. The van der Waals surface area contributed by atoms with Gasteiger partial charge in [-0.15, -0.1) is 0 Å². The average Bonchev–Trinajstić information content (AvgIpc) is 2.16. The quantitative estimate of drug-likeness (QED) is 0.813. The van der Waals surface area contributed by atoms with E-state index in [-0.39, 0.29) is 0 Å². The van der Waals surface area contributed by atoms with E-state index in [4.69, 9.17) is 5.11 Å². The van der Waals surface area contributed by atoms with E-state index >= 15 is 0 Å². The van der Waals surface area contributed by atoms with Crippen LogP contribution in [0.15, 0.2) is 24.3 Å². The molecule has 0 saturated carbocycles. The number of hydrogen-bond donors (Lipinski definition) is 1. The van der Waals surface area contributed by atoms with E-state index in [1.807, 2.05) is 0 Å². The number of halogens is 2. The van der Waals surface area contributed by atoms with Gasteiger partial charge in [-0.1, -0.05) is 19.1 Å². The van der Waals surface area contributed by atoms with Crippen molar-refractivity contribution in [2.24, 2.45) is 0 Å². The van der Waals surface area contributed by atoms with E-state index in [2.05, 4.69) is 0 Å². The number of carboxylic acids is 1. The zero-order valence-electron chi connectivity index (χ0n) is 7.58. The molecule has 76 valence electrons. The van der Waals surface area contributed by atoms with Gasteiger partial charge in [-0.3, -0.25) is 0 Å². The van der Waals surface area contributed by atoms with Crippen molar-refractivity contribution in [3.63, 3.8) is 0 Å². The predicted octanol–water partition coefficient (Wildman–Crippen LogP) is 2.35. The van der Waals surface area contributed by atoms with Gasteiger partial charge in [0.1, 0.15) is 5.82 Å². The summed E-state index contributed by atoms with van der Waals surface area (Å²) in [6.07, 6.45) is -1.96. The first-order valence-corrected chi connectivity index (χ1v) is 4.14. The molecule has 0 heterocycles. The lowest BCUT2D eigenvalue weighted by Crippen LogP contribution is -2.21. The average molecular weight is 200 g/mol. The molecule has 0 aliphatic carbocycles. The molecule has 1 rings (SSSR count). The van der Waals surface area contributed by atoms with Crippen molar-refractivity contribution in [2.45, 2.75) is 19.0 Å². The minimum atomic E-state index is -1.96. The minimum absolute atomic E-state index is 0.424. The highest BCUT2D eigenvalue weighted by molar-refractivity contribution is 5.73. The molecule has 0 amide bonds. The number of carbonyl (C=O) groups is 1. The second-order valence-electron chi connectivity index (χ2n) is 3.08. The van der Waals surface area contributed by atoms with Crippen LogP contribution in [0.1, 0.15) is 18.4 Å². The van der Waals surface area contributed by atoms with Crippen LogP contribution >= 0.6 is 0 Å². The normalized spacial score (nSPS) is 14.8. The lowest BCUT2D eigenvalue weighted by molar-refractivity contribution is -0.143. The molecule has 0 aromatic heterocycles. The monoisotopic (exact) mass is 200 g/mol. The van der Waals surface area contributed by atoms with Gasteiger partial charge in [0.25, 0.3) is 0 Å². The van der Waals surface area contributed by atoms with E-state index in [0.717, 1.165) is 0 Å². The standard InChI is InChI=1S/C10H10F2O2/c1-6(9(12)10(13)14)7-2-4-8(11)5-3-7/h2-6,9H,1H3,(H,13,14). The van der Waals surface area contributed by atoms with Crippen LogP contribution in [-0.4, -0.2) is 17.2 Å².